The van der Waals surface area contributed by atoms with Crippen LogP contribution in [0.15, 0.2) is 11.0 Å². The summed E-state index contributed by atoms with van der Waals surface area (Å²) in [5.74, 6) is -0.535. The van der Waals surface area contributed by atoms with Crippen LogP contribution in [0, 0.1) is 11.8 Å². The van der Waals surface area contributed by atoms with Crippen LogP contribution in [0.2, 0.25) is 0 Å². The zero-order chi connectivity index (χ0) is 25.6. The van der Waals surface area contributed by atoms with Gasteiger partial charge in [-0.1, -0.05) is 34.6 Å². The van der Waals surface area contributed by atoms with Gasteiger partial charge in [-0.2, -0.15) is 13.6 Å². The Kier molecular flexibility index (Phi) is 8.23. The van der Waals surface area contributed by atoms with Crippen LogP contribution in [-0.4, -0.2) is 41.8 Å². The van der Waals surface area contributed by atoms with Crippen LogP contribution < -0.4 is 11.4 Å². The van der Waals surface area contributed by atoms with Crippen LogP contribution in [0.5, 0.6) is 0 Å². The number of phosphoric acid groups is 3. The predicted octanol–water partition coefficient (Wildman–Crippen LogP) is 1.64. The Balaban J connectivity index is 2.17. The van der Waals surface area contributed by atoms with Crippen molar-refractivity contribution >= 4 is 29.3 Å². The van der Waals surface area contributed by atoms with Gasteiger partial charge in [-0.25, -0.2) is 18.5 Å². The molecule has 0 spiro atoms. The number of hydrogen-bond acceptors (Lipinski definition) is 10. The van der Waals surface area contributed by atoms with Gasteiger partial charge in [0.25, 0.3) is 0 Å². The molecule has 33 heavy (non-hydrogen) atoms. The van der Waals surface area contributed by atoms with Crippen molar-refractivity contribution in [2.45, 2.75) is 52.4 Å². The fourth-order valence-corrected chi connectivity index (χ4v) is 6.28. The molecular formula is C15H28N3O12P3. The molecule has 1 aromatic heterocycles. The van der Waals surface area contributed by atoms with Crippen molar-refractivity contribution in [1.29, 1.82) is 0 Å². The molecule has 1 aromatic rings. The van der Waals surface area contributed by atoms with Gasteiger partial charge in [-0.3, -0.25) is 9.09 Å². The molecule has 190 valence electrons. The van der Waals surface area contributed by atoms with Crippen LogP contribution >= 0.6 is 23.5 Å². The van der Waals surface area contributed by atoms with E-state index in [0.717, 1.165) is 0 Å². The summed E-state index contributed by atoms with van der Waals surface area (Å²) in [6, 6.07) is 0. The van der Waals surface area contributed by atoms with Crippen molar-refractivity contribution in [3.05, 3.63) is 22.2 Å². The average molecular weight is 535 g/mol. The first-order valence-electron chi connectivity index (χ1n) is 9.55. The van der Waals surface area contributed by atoms with Gasteiger partial charge < -0.3 is 30.0 Å². The number of aromatic nitrogens is 2. The lowest BCUT2D eigenvalue weighted by molar-refractivity contribution is -0.0371. The van der Waals surface area contributed by atoms with E-state index >= 15 is 0 Å². The molecule has 0 aliphatic carbocycles. The summed E-state index contributed by atoms with van der Waals surface area (Å²) < 4.78 is 53.3. The highest BCUT2D eigenvalue weighted by molar-refractivity contribution is 7.66. The number of nitrogens with two attached hydrogens (primary N) is 1. The van der Waals surface area contributed by atoms with Crippen LogP contribution in [0.25, 0.3) is 0 Å². The number of phosphoric ester groups is 1. The van der Waals surface area contributed by atoms with E-state index in [1.54, 1.807) is 20.0 Å². The molecule has 2 rings (SSSR count). The van der Waals surface area contributed by atoms with Gasteiger partial charge in [0, 0.05) is 17.7 Å². The molecule has 0 radical (unpaired) electrons. The molecule has 6 N–H and O–H groups in total. The van der Waals surface area contributed by atoms with Crippen molar-refractivity contribution in [2.24, 2.45) is 11.8 Å². The Bertz CT molecular complexity index is 1080. The summed E-state index contributed by atoms with van der Waals surface area (Å²) in [5, 5.41) is 0. The monoisotopic (exact) mass is 535 g/mol. The third-order valence-electron chi connectivity index (χ3n) is 5.06. The number of ether oxygens (including phenoxy) is 1. The lowest BCUT2D eigenvalue weighted by Crippen LogP contribution is -2.33. The number of rotatable bonds is 8. The van der Waals surface area contributed by atoms with Crippen LogP contribution in [0.1, 0.15) is 46.4 Å². The molecule has 3 unspecified atom stereocenters. The molecule has 1 fully saturated rings. The fourth-order valence-electron chi connectivity index (χ4n) is 3.25. The van der Waals surface area contributed by atoms with Gasteiger partial charge in [-0.05, 0) is 11.3 Å². The normalized spacial score (nSPS) is 27.8. The first-order chi connectivity index (χ1) is 14.7. The maximum atomic E-state index is 12.5. The minimum Gasteiger partial charge on any atom is -0.383 e. The van der Waals surface area contributed by atoms with Gasteiger partial charge >= 0.3 is 29.2 Å². The Morgan fingerprint density at radius 2 is 1.67 bits per heavy atom. The van der Waals surface area contributed by atoms with Crippen LogP contribution in [0.4, 0.5) is 5.82 Å². The predicted molar refractivity (Wildman–Crippen MR) is 114 cm³/mol. The van der Waals surface area contributed by atoms with E-state index < -0.39 is 53.5 Å². The lowest BCUT2D eigenvalue weighted by Gasteiger charge is -2.24. The number of nitrogens with zero attached hydrogens (tertiary/aromatic N) is 2. The SMILES string of the molecule is CC1[C@@H](C)[C@@H](COP(=O)(O)OP(=O)(O)OP(=O)(O)O)O[C@H]1n1cc(C(C)(C)C)c(N)nc1=O. The molecule has 0 aromatic carbocycles. The summed E-state index contributed by atoms with van der Waals surface area (Å²) in [4.78, 5) is 52.3. The summed E-state index contributed by atoms with van der Waals surface area (Å²) >= 11 is 0. The molecule has 1 saturated heterocycles. The molecule has 0 saturated carbocycles. The summed E-state index contributed by atoms with van der Waals surface area (Å²) in [6.45, 7) is 8.57. The second-order valence-electron chi connectivity index (χ2n) is 8.65. The Morgan fingerprint density at radius 1 is 1.09 bits per heavy atom. The second kappa shape index (κ2) is 9.60. The van der Waals surface area contributed by atoms with E-state index in [-0.39, 0.29) is 17.7 Å². The Labute approximate surface area is 189 Å². The maximum Gasteiger partial charge on any atom is 0.490 e. The molecule has 15 nitrogen and oxygen atoms in total. The smallest absolute Gasteiger partial charge is 0.383 e. The topological polar surface area (TPSA) is 230 Å². The first kappa shape index (κ1) is 28.3. The highest BCUT2D eigenvalue weighted by atomic mass is 31.3. The van der Waals surface area contributed by atoms with Crippen molar-refractivity contribution in [1.82, 2.24) is 9.55 Å². The van der Waals surface area contributed by atoms with Crippen LogP contribution in [-0.2, 0) is 37.0 Å². The minimum atomic E-state index is -5.62. The van der Waals surface area contributed by atoms with E-state index in [9.17, 15) is 28.3 Å². The molecule has 6 atom stereocenters. The number of nitrogen functional groups attached to an aromatic ring is 1. The lowest BCUT2D eigenvalue weighted by atomic mass is 9.88. The molecule has 0 amide bonds. The second-order valence-corrected chi connectivity index (χ2v) is 13.1. The highest BCUT2D eigenvalue weighted by Crippen LogP contribution is 2.66. The van der Waals surface area contributed by atoms with E-state index in [0.29, 0.717) is 5.56 Å². The number of hydrogen-bond donors (Lipinski definition) is 5. The molecule has 1 aliphatic heterocycles. The molecule has 18 heteroatoms. The van der Waals surface area contributed by atoms with Gasteiger partial charge in [0.15, 0.2) is 0 Å². The van der Waals surface area contributed by atoms with Gasteiger partial charge in [0.05, 0.1) is 12.7 Å². The quantitative estimate of drug-likeness (QED) is 0.298. The zero-order valence-corrected chi connectivity index (χ0v) is 21.1. The molecule has 2 heterocycles. The maximum absolute atomic E-state index is 12.5. The summed E-state index contributed by atoms with van der Waals surface area (Å²) in [7, 11) is -16.4. The third kappa shape index (κ3) is 7.51. The van der Waals surface area contributed by atoms with E-state index in [2.05, 4.69) is 18.1 Å². The summed E-state index contributed by atoms with van der Waals surface area (Å²) in [6.07, 6.45) is -0.142. The standard InChI is InChI=1S/C15H28N3O12P3/c1-8-9(2)13(18-6-10(15(3,4)5)12(16)17-14(18)19)28-11(8)7-27-32(23,24)30-33(25,26)29-31(20,21)22/h6,8-9,11,13H,7H2,1-5H3,(H,23,24)(H,25,26)(H2,16,17,19)(H2,20,21,22)/t8-,9?,11-,13-/m1/s1. The van der Waals surface area contributed by atoms with E-state index in [4.69, 9.17) is 20.3 Å². The highest BCUT2D eigenvalue weighted by Gasteiger charge is 2.44. The Morgan fingerprint density at radius 3 is 2.18 bits per heavy atom. The Hall–Kier alpha value is -0.950. The van der Waals surface area contributed by atoms with Crippen molar-refractivity contribution < 1.29 is 51.2 Å². The molecular weight excluding hydrogens is 507 g/mol. The average Bonchev–Trinajstić information content (AvgIpc) is 2.84. The van der Waals surface area contributed by atoms with Crippen molar-refractivity contribution in [2.75, 3.05) is 12.3 Å². The first-order valence-corrected chi connectivity index (χ1v) is 14.1. The minimum absolute atomic E-state index is 0.0895. The van der Waals surface area contributed by atoms with Gasteiger partial charge in [-0.15, -0.1) is 0 Å². The van der Waals surface area contributed by atoms with E-state index in [1.165, 1.54) is 4.57 Å². The zero-order valence-electron chi connectivity index (χ0n) is 18.5. The molecule has 1 aliphatic rings. The largest absolute Gasteiger partial charge is 0.490 e. The molecule has 0 bridgehead atoms. The number of anilines is 1. The van der Waals surface area contributed by atoms with Crippen molar-refractivity contribution in [3.8, 4) is 0 Å². The summed E-state index contributed by atoms with van der Waals surface area (Å²) in [5.41, 5.74) is 5.43. The third-order valence-corrected chi connectivity index (χ3v) is 8.86. The fraction of sp³-hybridized carbons (Fsp3) is 0.733. The van der Waals surface area contributed by atoms with E-state index in [1.807, 2.05) is 20.8 Å². The van der Waals surface area contributed by atoms with Crippen molar-refractivity contribution in [3.63, 3.8) is 0 Å². The van der Waals surface area contributed by atoms with Gasteiger partial charge in [0.1, 0.15) is 12.0 Å². The van der Waals surface area contributed by atoms with Crippen LogP contribution in [0.3, 0.4) is 0 Å². The van der Waals surface area contributed by atoms with Gasteiger partial charge in [0.2, 0.25) is 0 Å².